The van der Waals surface area contributed by atoms with Gasteiger partial charge in [0.25, 0.3) is 0 Å². The summed E-state index contributed by atoms with van der Waals surface area (Å²) in [5, 5.41) is 0.249. The van der Waals surface area contributed by atoms with E-state index < -0.39 is 8.32 Å². The second-order valence-corrected chi connectivity index (χ2v) is 14.3. The van der Waals surface area contributed by atoms with Gasteiger partial charge in [0.05, 0.1) is 6.61 Å². The summed E-state index contributed by atoms with van der Waals surface area (Å²) in [6, 6.07) is 0. The lowest BCUT2D eigenvalue weighted by Gasteiger charge is -2.45. The van der Waals surface area contributed by atoms with Crippen molar-refractivity contribution in [2.45, 2.75) is 98.4 Å². The molecule has 1 atom stereocenters. The van der Waals surface area contributed by atoms with E-state index in [2.05, 4.69) is 54.6 Å². The molecule has 1 rings (SSSR count). The zero-order valence-electron chi connectivity index (χ0n) is 17.3. The Morgan fingerprint density at radius 3 is 2.33 bits per heavy atom. The molecule has 140 valence electrons. The molecule has 24 heavy (non-hydrogen) atoms. The maximum absolute atomic E-state index is 10.9. The van der Waals surface area contributed by atoms with Crippen molar-refractivity contribution in [2.24, 2.45) is 5.41 Å². The summed E-state index contributed by atoms with van der Waals surface area (Å²) in [5.41, 5.74) is 3.16. The van der Waals surface area contributed by atoms with Gasteiger partial charge in [0.2, 0.25) is 0 Å². The highest BCUT2D eigenvalue weighted by molar-refractivity contribution is 6.74. The van der Waals surface area contributed by atoms with Crippen molar-refractivity contribution in [1.82, 2.24) is 0 Å². The molecule has 0 bridgehead atoms. The zero-order valence-corrected chi connectivity index (χ0v) is 18.3. The molecule has 0 fully saturated rings. The van der Waals surface area contributed by atoms with Crippen LogP contribution in [0.1, 0.15) is 74.1 Å². The summed E-state index contributed by atoms with van der Waals surface area (Å²) in [7, 11) is -1.73. The first-order chi connectivity index (χ1) is 10.8. The molecule has 4 heteroatoms. The van der Waals surface area contributed by atoms with Gasteiger partial charge in [-0.15, -0.1) is 0 Å². The molecular weight excluding hydrogens is 316 g/mol. The Morgan fingerprint density at radius 1 is 1.29 bits per heavy atom. The third-order valence-corrected chi connectivity index (χ3v) is 10.3. The molecule has 0 N–H and O–H groups in total. The van der Waals surface area contributed by atoms with Crippen LogP contribution in [-0.4, -0.2) is 27.0 Å². The van der Waals surface area contributed by atoms with E-state index >= 15 is 0 Å². The van der Waals surface area contributed by atoms with Crippen molar-refractivity contribution >= 4 is 14.3 Å². The highest BCUT2D eigenvalue weighted by Gasteiger charge is 2.42. The Bertz CT molecular complexity index is 484. The van der Waals surface area contributed by atoms with Gasteiger partial charge in [-0.3, -0.25) is 4.79 Å². The van der Waals surface area contributed by atoms with E-state index in [0.29, 0.717) is 12.7 Å². The first-order valence-electron chi connectivity index (χ1n) is 9.26. The van der Waals surface area contributed by atoms with Gasteiger partial charge in [-0.25, -0.2) is 0 Å². The SMILES string of the molecule is CC(=O)OCCCC1=C(C)C[C@@H](O[Si](C)(C)C(C)(C)C)CC1(C)C. The highest BCUT2D eigenvalue weighted by atomic mass is 28.4. The van der Waals surface area contributed by atoms with Crippen molar-refractivity contribution < 1.29 is 14.0 Å². The van der Waals surface area contributed by atoms with E-state index in [1.165, 1.54) is 18.1 Å². The fraction of sp³-hybridized carbons (Fsp3) is 0.850. The quantitative estimate of drug-likeness (QED) is 0.259. The second kappa shape index (κ2) is 7.73. The average Bonchev–Trinajstić information content (AvgIpc) is 2.33. The summed E-state index contributed by atoms with van der Waals surface area (Å²) in [6.07, 6.45) is 4.37. The molecule has 1 aliphatic rings. The van der Waals surface area contributed by atoms with Crippen molar-refractivity contribution in [2.75, 3.05) is 6.61 Å². The Labute approximate surface area is 150 Å². The number of carbonyl (C=O) groups excluding carboxylic acids is 1. The van der Waals surface area contributed by atoms with Crippen molar-refractivity contribution in [3.63, 3.8) is 0 Å². The molecule has 0 spiro atoms. The van der Waals surface area contributed by atoms with Gasteiger partial charge >= 0.3 is 5.97 Å². The summed E-state index contributed by atoms with van der Waals surface area (Å²) in [5.74, 6) is -0.188. The molecule has 0 heterocycles. The molecule has 0 aromatic rings. The standard InChI is InChI=1S/C20H38O3Si/c1-15-13-17(23-24(8,9)19(3,4)5)14-20(6,7)18(15)11-10-12-22-16(2)21/h17H,10-14H2,1-9H3/t17-/m1/s1. The lowest BCUT2D eigenvalue weighted by Crippen LogP contribution is -2.46. The monoisotopic (exact) mass is 354 g/mol. The predicted octanol–water partition coefficient (Wildman–Crippen LogP) is 5.86. The Balaban J connectivity index is 2.76. The van der Waals surface area contributed by atoms with Gasteiger partial charge in [-0.1, -0.05) is 45.8 Å². The van der Waals surface area contributed by atoms with E-state index in [4.69, 9.17) is 9.16 Å². The fourth-order valence-corrected chi connectivity index (χ4v) is 4.85. The molecule has 0 aromatic heterocycles. The molecule has 3 nitrogen and oxygen atoms in total. The maximum Gasteiger partial charge on any atom is 0.302 e. The summed E-state index contributed by atoms with van der Waals surface area (Å²) < 4.78 is 11.8. The number of esters is 1. The van der Waals surface area contributed by atoms with E-state index in [0.717, 1.165) is 25.7 Å². The van der Waals surface area contributed by atoms with Gasteiger partial charge < -0.3 is 9.16 Å². The van der Waals surface area contributed by atoms with E-state index in [1.54, 1.807) is 0 Å². The van der Waals surface area contributed by atoms with Gasteiger partial charge in [0.15, 0.2) is 8.32 Å². The maximum atomic E-state index is 10.9. The fourth-order valence-electron chi connectivity index (χ4n) is 3.50. The van der Waals surface area contributed by atoms with Crippen LogP contribution in [0.4, 0.5) is 0 Å². The van der Waals surface area contributed by atoms with Crippen LogP contribution in [0.15, 0.2) is 11.1 Å². The van der Waals surface area contributed by atoms with Crippen LogP contribution < -0.4 is 0 Å². The third kappa shape index (κ3) is 5.73. The number of hydrogen-bond acceptors (Lipinski definition) is 3. The Kier molecular flexibility index (Phi) is 6.91. The first kappa shape index (κ1) is 21.4. The average molecular weight is 355 g/mol. The normalized spacial score (nSPS) is 21.8. The van der Waals surface area contributed by atoms with Crippen LogP contribution >= 0.6 is 0 Å². The summed E-state index contributed by atoms with van der Waals surface area (Å²) >= 11 is 0. The van der Waals surface area contributed by atoms with Crippen molar-refractivity contribution in [3.8, 4) is 0 Å². The van der Waals surface area contributed by atoms with Crippen molar-refractivity contribution in [1.29, 1.82) is 0 Å². The topological polar surface area (TPSA) is 35.5 Å². The van der Waals surface area contributed by atoms with Gasteiger partial charge in [0, 0.05) is 13.0 Å². The zero-order chi connectivity index (χ0) is 18.8. The number of carbonyl (C=O) groups is 1. The Morgan fingerprint density at radius 2 is 1.88 bits per heavy atom. The lowest BCUT2D eigenvalue weighted by atomic mass is 9.70. The first-order valence-corrected chi connectivity index (χ1v) is 12.2. The molecule has 0 radical (unpaired) electrons. The van der Waals surface area contributed by atoms with Gasteiger partial charge in [0.1, 0.15) is 0 Å². The second-order valence-electron chi connectivity index (χ2n) is 9.49. The number of allylic oxidation sites excluding steroid dienone is 1. The largest absolute Gasteiger partial charge is 0.466 e. The van der Waals surface area contributed by atoms with Crippen molar-refractivity contribution in [3.05, 3.63) is 11.1 Å². The minimum Gasteiger partial charge on any atom is -0.466 e. The van der Waals surface area contributed by atoms with Crippen LogP contribution in [0, 0.1) is 5.41 Å². The summed E-state index contributed by atoms with van der Waals surface area (Å²) in [6.45, 7) is 20.5. The smallest absolute Gasteiger partial charge is 0.302 e. The van der Waals surface area contributed by atoms with Crippen LogP contribution in [0.5, 0.6) is 0 Å². The summed E-state index contributed by atoms with van der Waals surface area (Å²) in [4.78, 5) is 10.9. The lowest BCUT2D eigenvalue weighted by molar-refractivity contribution is -0.141. The molecule has 1 aliphatic carbocycles. The Hall–Kier alpha value is -0.613. The van der Waals surface area contributed by atoms with E-state index in [1.807, 2.05) is 0 Å². The van der Waals surface area contributed by atoms with E-state index in [-0.39, 0.29) is 16.4 Å². The molecule has 0 amide bonds. The van der Waals surface area contributed by atoms with E-state index in [9.17, 15) is 4.79 Å². The minimum absolute atomic E-state index is 0.158. The van der Waals surface area contributed by atoms with Gasteiger partial charge in [-0.05, 0) is 56.2 Å². The number of ether oxygens (including phenoxy) is 1. The molecule has 0 saturated carbocycles. The molecule has 0 aliphatic heterocycles. The van der Waals surface area contributed by atoms with Crippen LogP contribution in [0.25, 0.3) is 0 Å². The minimum atomic E-state index is -1.73. The molecule has 0 unspecified atom stereocenters. The van der Waals surface area contributed by atoms with Crippen LogP contribution in [0.3, 0.4) is 0 Å². The third-order valence-electron chi connectivity index (χ3n) is 5.75. The van der Waals surface area contributed by atoms with Crippen LogP contribution in [0.2, 0.25) is 18.1 Å². The molecule has 0 saturated heterocycles. The highest BCUT2D eigenvalue weighted by Crippen LogP contribution is 2.46. The molecule has 0 aromatic carbocycles. The van der Waals surface area contributed by atoms with Crippen LogP contribution in [-0.2, 0) is 14.0 Å². The molecular formula is C20H38O3Si. The van der Waals surface area contributed by atoms with Gasteiger partial charge in [-0.2, -0.15) is 0 Å². The number of hydrogen-bond donors (Lipinski definition) is 0. The predicted molar refractivity (Wildman–Crippen MR) is 104 cm³/mol. The number of rotatable bonds is 6.